The van der Waals surface area contributed by atoms with E-state index in [9.17, 15) is 0 Å². The molecule has 0 atom stereocenters. The van der Waals surface area contributed by atoms with Gasteiger partial charge in [0.05, 0.1) is 29.2 Å². The number of nitrogens with one attached hydrogen (secondary N) is 2. The number of rotatable bonds is 4. The van der Waals surface area contributed by atoms with Crippen molar-refractivity contribution in [3.05, 3.63) is 43.0 Å². The molecule has 0 unspecified atom stereocenters. The molecule has 0 amide bonds. The average Bonchev–Trinajstić information content (AvgIpc) is 3.20. The van der Waals surface area contributed by atoms with Gasteiger partial charge in [0.15, 0.2) is 0 Å². The van der Waals surface area contributed by atoms with Crippen LogP contribution in [0.15, 0.2) is 43.0 Å². The Balaban J connectivity index is 0.00000218. The zero-order valence-electron chi connectivity index (χ0n) is 17.0. The summed E-state index contributed by atoms with van der Waals surface area (Å²) in [6.07, 6.45) is 5.62. The molecule has 1 aliphatic rings. The molecule has 3 aromatic heterocycles. The number of hydrogen-bond donors (Lipinski definition) is 2. The van der Waals surface area contributed by atoms with E-state index in [-0.39, 0.29) is 12.4 Å². The predicted molar refractivity (Wildman–Crippen MR) is 123 cm³/mol. The number of fused-ring (bicyclic) bond motifs is 3. The Morgan fingerprint density at radius 3 is 2.57 bits per heavy atom. The van der Waals surface area contributed by atoms with E-state index in [4.69, 9.17) is 4.98 Å². The van der Waals surface area contributed by atoms with Gasteiger partial charge >= 0.3 is 0 Å². The summed E-state index contributed by atoms with van der Waals surface area (Å²) in [5, 5.41) is 7.60. The number of halogens is 1. The van der Waals surface area contributed by atoms with Gasteiger partial charge in [-0.25, -0.2) is 19.9 Å². The average molecular weight is 425 g/mol. The predicted octanol–water partition coefficient (Wildman–Crippen LogP) is 3.53. The van der Waals surface area contributed by atoms with Crippen molar-refractivity contribution in [3.8, 4) is 0 Å². The SMILES string of the molecule is CC(C)n1cnc2ccc3cnc(Nc4ccc(N5CCNCC5)cn4)nc3c21.Cl. The summed E-state index contributed by atoms with van der Waals surface area (Å²) in [6.45, 7) is 8.30. The van der Waals surface area contributed by atoms with Crippen LogP contribution in [0, 0.1) is 0 Å². The fourth-order valence-electron chi connectivity index (χ4n) is 3.75. The molecule has 0 aliphatic carbocycles. The van der Waals surface area contributed by atoms with E-state index in [0.717, 1.165) is 59.6 Å². The van der Waals surface area contributed by atoms with Crippen LogP contribution in [-0.4, -0.2) is 50.7 Å². The Kier molecular flexibility index (Phi) is 5.69. The lowest BCUT2D eigenvalue weighted by molar-refractivity contribution is 0.589. The third kappa shape index (κ3) is 3.76. The van der Waals surface area contributed by atoms with E-state index < -0.39 is 0 Å². The van der Waals surface area contributed by atoms with Gasteiger partial charge < -0.3 is 20.1 Å². The van der Waals surface area contributed by atoms with Crippen molar-refractivity contribution in [2.45, 2.75) is 19.9 Å². The van der Waals surface area contributed by atoms with E-state index >= 15 is 0 Å². The molecule has 9 heteroatoms. The molecule has 0 saturated carbocycles. The van der Waals surface area contributed by atoms with E-state index in [1.807, 2.05) is 36.9 Å². The lowest BCUT2D eigenvalue weighted by atomic mass is 10.2. The van der Waals surface area contributed by atoms with Crippen molar-refractivity contribution in [2.75, 3.05) is 36.4 Å². The van der Waals surface area contributed by atoms with Gasteiger partial charge in [0.1, 0.15) is 11.3 Å². The number of nitrogens with zero attached hydrogens (tertiary/aromatic N) is 6. The van der Waals surface area contributed by atoms with E-state index in [1.165, 1.54) is 0 Å². The molecular formula is C21H25ClN8. The molecule has 0 bridgehead atoms. The second-order valence-electron chi connectivity index (χ2n) is 7.57. The second-order valence-corrected chi connectivity index (χ2v) is 7.57. The van der Waals surface area contributed by atoms with Gasteiger partial charge in [0, 0.05) is 43.8 Å². The molecule has 4 heterocycles. The number of anilines is 3. The molecule has 8 nitrogen and oxygen atoms in total. The third-order valence-electron chi connectivity index (χ3n) is 5.31. The van der Waals surface area contributed by atoms with E-state index in [2.05, 4.69) is 55.0 Å². The first-order valence-corrected chi connectivity index (χ1v) is 10.00. The van der Waals surface area contributed by atoms with Crippen LogP contribution in [0.25, 0.3) is 21.9 Å². The summed E-state index contributed by atoms with van der Waals surface area (Å²) in [4.78, 5) is 20.7. The van der Waals surface area contributed by atoms with Gasteiger partial charge in [-0.1, -0.05) is 0 Å². The molecule has 1 saturated heterocycles. The van der Waals surface area contributed by atoms with Crippen molar-refractivity contribution in [1.29, 1.82) is 0 Å². The second kappa shape index (κ2) is 8.41. The Bertz CT molecular complexity index is 1150. The Labute approximate surface area is 181 Å². The van der Waals surface area contributed by atoms with Crippen LogP contribution in [0.2, 0.25) is 0 Å². The van der Waals surface area contributed by atoms with Crippen molar-refractivity contribution >= 4 is 51.8 Å². The first-order chi connectivity index (χ1) is 14.2. The van der Waals surface area contributed by atoms with E-state index in [0.29, 0.717) is 12.0 Å². The van der Waals surface area contributed by atoms with Gasteiger partial charge in [-0.05, 0) is 38.1 Å². The monoisotopic (exact) mass is 424 g/mol. The quantitative estimate of drug-likeness (QED) is 0.518. The van der Waals surface area contributed by atoms with Crippen LogP contribution in [-0.2, 0) is 0 Å². The maximum absolute atomic E-state index is 4.78. The molecule has 5 rings (SSSR count). The summed E-state index contributed by atoms with van der Waals surface area (Å²) in [7, 11) is 0. The number of piperazine rings is 1. The largest absolute Gasteiger partial charge is 0.368 e. The van der Waals surface area contributed by atoms with Crippen LogP contribution in [0.4, 0.5) is 17.5 Å². The minimum atomic E-state index is 0. The smallest absolute Gasteiger partial charge is 0.228 e. The lowest BCUT2D eigenvalue weighted by Gasteiger charge is -2.29. The number of aromatic nitrogens is 5. The Hall–Kier alpha value is -2.97. The van der Waals surface area contributed by atoms with Gasteiger partial charge in [-0.2, -0.15) is 0 Å². The molecule has 0 spiro atoms. The summed E-state index contributed by atoms with van der Waals surface area (Å²) in [5.74, 6) is 1.26. The van der Waals surface area contributed by atoms with Gasteiger partial charge in [0.25, 0.3) is 0 Å². The number of pyridine rings is 1. The van der Waals surface area contributed by atoms with Crippen molar-refractivity contribution in [1.82, 2.24) is 29.8 Å². The summed E-state index contributed by atoms with van der Waals surface area (Å²) in [5.41, 5.74) is 4.00. The number of benzene rings is 1. The van der Waals surface area contributed by atoms with Crippen molar-refractivity contribution in [3.63, 3.8) is 0 Å². The number of hydrogen-bond acceptors (Lipinski definition) is 7. The molecular weight excluding hydrogens is 400 g/mol. The minimum absolute atomic E-state index is 0. The van der Waals surface area contributed by atoms with Crippen LogP contribution in [0.1, 0.15) is 19.9 Å². The fourth-order valence-corrected chi connectivity index (χ4v) is 3.75. The lowest BCUT2D eigenvalue weighted by Crippen LogP contribution is -2.43. The van der Waals surface area contributed by atoms with Gasteiger partial charge in [-0.3, -0.25) is 0 Å². The first-order valence-electron chi connectivity index (χ1n) is 10.00. The van der Waals surface area contributed by atoms with Crippen LogP contribution >= 0.6 is 12.4 Å². The fraction of sp³-hybridized carbons (Fsp3) is 0.333. The molecule has 1 fully saturated rings. The zero-order valence-corrected chi connectivity index (χ0v) is 17.9. The normalized spacial score (nSPS) is 14.3. The molecule has 0 radical (unpaired) electrons. The highest BCUT2D eigenvalue weighted by atomic mass is 35.5. The zero-order chi connectivity index (χ0) is 19.8. The van der Waals surface area contributed by atoms with Gasteiger partial charge in [0.2, 0.25) is 5.95 Å². The third-order valence-corrected chi connectivity index (χ3v) is 5.31. The maximum Gasteiger partial charge on any atom is 0.228 e. The highest BCUT2D eigenvalue weighted by Crippen LogP contribution is 2.26. The van der Waals surface area contributed by atoms with E-state index in [1.54, 1.807) is 0 Å². The van der Waals surface area contributed by atoms with Crippen molar-refractivity contribution in [2.24, 2.45) is 0 Å². The standard InChI is InChI=1S/C21H24N8.ClH/c1-14(2)29-13-25-17-5-3-15-11-24-21(27-19(15)20(17)29)26-18-6-4-16(12-23-18)28-9-7-22-8-10-28;/h3-6,11-14,22H,7-10H2,1-2H3,(H,23,24,26,27);1H. The molecule has 30 heavy (non-hydrogen) atoms. The highest BCUT2D eigenvalue weighted by molar-refractivity contribution is 6.02. The van der Waals surface area contributed by atoms with Crippen LogP contribution < -0.4 is 15.5 Å². The summed E-state index contributed by atoms with van der Waals surface area (Å²) >= 11 is 0. The topological polar surface area (TPSA) is 83.8 Å². The molecule has 2 N–H and O–H groups in total. The minimum Gasteiger partial charge on any atom is -0.368 e. The molecule has 1 aliphatic heterocycles. The summed E-state index contributed by atoms with van der Waals surface area (Å²) < 4.78 is 2.15. The number of imidazole rings is 1. The Morgan fingerprint density at radius 1 is 1.00 bits per heavy atom. The molecule has 156 valence electrons. The Morgan fingerprint density at radius 2 is 1.83 bits per heavy atom. The summed E-state index contributed by atoms with van der Waals surface area (Å²) in [6, 6.07) is 8.40. The van der Waals surface area contributed by atoms with Crippen molar-refractivity contribution < 1.29 is 0 Å². The van der Waals surface area contributed by atoms with Crippen LogP contribution in [0.3, 0.4) is 0 Å². The van der Waals surface area contributed by atoms with Crippen LogP contribution in [0.5, 0.6) is 0 Å². The highest BCUT2D eigenvalue weighted by Gasteiger charge is 2.13. The maximum atomic E-state index is 4.78. The molecule has 4 aromatic rings. The molecule has 1 aromatic carbocycles. The van der Waals surface area contributed by atoms with Gasteiger partial charge in [-0.15, -0.1) is 12.4 Å². The first kappa shape index (κ1) is 20.3.